The molecule has 0 unspecified atom stereocenters. The van der Waals surface area contributed by atoms with Crippen molar-refractivity contribution in [2.45, 2.75) is 26.7 Å². The molecule has 128 valence electrons. The molecule has 0 saturated heterocycles. The number of aryl methyl sites for hydroxylation is 2. The van der Waals surface area contributed by atoms with Crippen LogP contribution in [0.25, 0.3) is 11.3 Å². The molecule has 0 aliphatic heterocycles. The number of halogens is 1. The summed E-state index contributed by atoms with van der Waals surface area (Å²) in [6.45, 7) is 4.12. The van der Waals surface area contributed by atoms with E-state index in [0.29, 0.717) is 11.3 Å². The van der Waals surface area contributed by atoms with Crippen LogP contribution in [0.1, 0.15) is 35.3 Å². The van der Waals surface area contributed by atoms with Gasteiger partial charge in [0.2, 0.25) is 5.82 Å². The topological polar surface area (TPSA) is 68.0 Å². The molecule has 0 radical (unpaired) electrons. The normalized spacial score (nSPS) is 10.7. The summed E-state index contributed by atoms with van der Waals surface area (Å²) in [5, 5.41) is 10.5. The largest absolute Gasteiger partial charge is 0.302 e. The van der Waals surface area contributed by atoms with Crippen LogP contribution in [0, 0.1) is 5.82 Å². The Labute approximate surface area is 144 Å². The Morgan fingerprint density at radius 3 is 2.52 bits per heavy atom. The number of benzene rings is 2. The van der Waals surface area contributed by atoms with Gasteiger partial charge < -0.3 is 5.32 Å². The number of hydrogen-bond donors (Lipinski definition) is 1. The summed E-state index contributed by atoms with van der Waals surface area (Å²) in [5.41, 5.74) is 3.95. The Hall–Kier alpha value is -3.02. The van der Waals surface area contributed by atoms with Gasteiger partial charge in [-0.15, -0.1) is 0 Å². The average molecular weight is 339 g/mol. The van der Waals surface area contributed by atoms with Crippen LogP contribution in [0.4, 0.5) is 10.2 Å². The lowest BCUT2D eigenvalue weighted by Crippen LogP contribution is -2.13. The van der Waals surface area contributed by atoms with Crippen molar-refractivity contribution in [1.82, 2.24) is 10.3 Å². The summed E-state index contributed by atoms with van der Waals surface area (Å²) < 4.78 is 17.9. The fraction of sp³-hybridized carbons (Fsp3) is 0.211. The number of nitrogens with one attached hydrogen (secondary N) is 1. The molecular weight excluding hydrogens is 321 g/mol. The molecule has 1 N–H and O–H groups in total. The molecule has 1 amide bonds. The van der Waals surface area contributed by atoms with Gasteiger partial charge in [0.15, 0.2) is 5.69 Å². The maximum Gasteiger partial charge on any atom is 0.256 e. The molecule has 3 aromatic rings. The van der Waals surface area contributed by atoms with E-state index in [2.05, 4.69) is 41.6 Å². The SMILES string of the molecule is CCc1ccc(CC)c(-c2nonc2NC(=O)c2ccc(F)cc2)c1. The van der Waals surface area contributed by atoms with Crippen LogP contribution in [0.15, 0.2) is 47.1 Å². The van der Waals surface area contributed by atoms with Gasteiger partial charge in [-0.3, -0.25) is 4.79 Å². The lowest BCUT2D eigenvalue weighted by molar-refractivity contribution is 0.102. The lowest BCUT2D eigenvalue weighted by Gasteiger charge is -2.09. The van der Waals surface area contributed by atoms with E-state index in [1.165, 1.54) is 24.3 Å². The van der Waals surface area contributed by atoms with Crippen molar-refractivity contribution in [2.75, 3.05) is 5.32 Å². The summed E-state index contributed by atoms with van der Waals surface area (Å²) in [6.07, 6.45) is 1.71. The molecule has 0 atom stereocenters. The second kappa shape index (κ2) is 7.25. The van der Waals surface area contributed by atoms with Crippen molar-refractivity contribution in [3.05, 3.63) is 65.0 Å². The molecule has 0 spiro atoms. The highest BCUT2D eigenvalue weighted by atomic mass is 19.1. The third kappa shape index (κ3) is 3.57. The second-order valence-electron chi connectivity index (χ2n) is 5.62. The van der Waals surface area contributed by atoms with Crippen molar-refractivity contribution in [2.24, 2.45) is 0 Å². The summed E-state index contributed by atoms with van der Waals surface area (Å²) in [5.74, 6) is -0.553. The lowest BCUT2D eigenvalue weighted by atomic mass is 9.98. The summed E-state index contributed by atoms with van der Waals surface area (Å²) >= 11 is 0. The number of carbonyl (C=O) groups is 1. The van der Waals surface area contributed by atoms with E-state index in [-0.39, 0.29) is 5.82 Å². The third-order valence-electron chi connectivity index (χ3n) is 4.05. The van der Waals surface area contributed by atoms with Crippen LogP contribution in [-0.4, -0.2) is 16.2 Å². The zero-order valence-corrected chi connectivity index (χ0v) is 14.0. The van der Waals surface area contributed by atoms with Gasteiger partial charge in [-0.1, -0.05) is 26.0 Å². The summed E-state index contributed by atoms with van der Waals surface area (Å²) in [6, 6.07) is 11.4. The fourth-order valence-corrected chi connectivity index (χ4v) is 2.60. The van der Waals surface area contributed by atoms with Gasteiger partial charge in [0.1, 0.15) is 5.82 Å². The van der Waals surface area contributed by atoms with Crippen LogP contribution in [0.5, 0.6) is 0 Å². The molecule has 1 heterocycles. The second-order valence-corrected chi connectivity index (χ2v) is 5.62. The number of anilines is 1. The van der Waals surface area contributed by atoms with Crippen molar-refractivity contribution >= 4 is 11.7 Å². The molecule has 25 heavy (non-hydrogen) atoms. The molecule has 1 aromatic heterocycles. The van der Waals surface area contributed by atoms with Crippen LogP contribution < -0.4 is 5.32 Å². The number of amides is 1. The number of carbonyl (C=O) groups excluding carboxylic acids is 1. The van der Waals surface area contributed by atoms with Crippen LogP contribution in [0.2, 0.25) is 0 Å². The fourth-order valence-electron chi connectivity index (χ4n) is 2.60. The third-order valence-corrected chi connectivity index (χ3v) is 4.05. The first-order chi connectivity index (χ1) is 12.1. The van der Waals surface area contributed by atoms with Gasteiger partial charge in [-0.2, -0.15) is 0 Å². The Balaban J connectivity index is 1.93. The maximum absolute atomic E-state index is 13.0. The van der Waals surface area contributed by atoms with Gasteiger partial charge in [-0.05, 0) is 64.6 Å². The summed E-state index contributed by atoms with van der Waals surface area (Å²) in [4.78, 5) is 12.3. The predicted molar refractivity (Wildman–Crippen MR) is 92.8 cm³/mol. The molecule has 0 saturated carbocycles. The monoisotopic (exact) mass is 339 g/mol. The minimum absolute atomic E-state index is 0.247. The van der Waals surface area contributed by atoms with E-state index >= 15 is 0 Å². The Morgan fingerprint density at radius 2 is 1.84 bits per heavy atom. The molecule has 0 bridgehead atoms. The maximum atomic E-state index is 13.0. The summed E-state index contributed by atoms with van der Waals surface area (Å²) in [7, 11) is 0. The van der Waals surface area contributed by atoms with E-state index in [4.69, 9.17) is 4.63 Å². The highest BCUT2D eigenvalue weighted by molar-refractivity contribution is 6.05. The van der Waals surface area contributed by atoms with E-state index < -0.39 is 11.7 Å². The van der Waals surface area contributed by atoms with Gasteiger partial charge >= 0.3 is 0 Å². The predicted octanol–water partition coefficient (Wildman–Crippen LogP) is 4.25. The van der Waals surface area contributed by atoms with Gasteiger partial charge in [-0.25, -0.2) is 9.02 Å². The molecule has 3 rings (SSSR count). The minimum Gasteiger partial charge on any atom is -0.302 e. The van der Waals surface area contributed by atoms with Crippen molar-refractivity contribution in [3.8, 4) is 11.3 Å². The van der Waals surface area contributed by atoms with Crippen LogP contribution >= 0.6 is 0 Å². The standard InChI is InChI=1S/C19H18FN3O2/c1-3-12-5-6-13(4-2)16(11-12)17-18(23-25-22-17)21-19(24)14-7-9-15(20)10-8-14/h5-11H,3-4H2,1-2H3,(H,21,23,24). The molecule has 5 nitrogen and oxygen atoms in total. The molecule has 6 heteroatoms. The number of nitrogens with zero attached hydrogens (tertiary/aromatic N) is 2. The first-order valence-corrected chi connectivity index (χ1v) is 8.14. The molecule has 0 aliphatic carbocycles. The van der Waals surface area contributed by atoms with E-state index in [1.54, 1.807) is 0 Å². The van der Waals surface area contributed by atoms with Crippen molar-refractivity contribution in [1.29, 1.82) is 0 Å². The smallest absolute Gasteiger partial charge is 0.256 e. The van der Waals surface area contributed by atoms with Crippen LogP contribution in [0.3, 0.4) is 0 Å². The van der Waals surface area contributed by atoms with Gasteiger partial charge in [0, 0.05) is 11.1 Å². The Morgan fingerprint density at radius 1 is 1.08 bits per heavy atom. The zero-order valence-electron chi connectivity index (χ0n) is 14.0. The molecular formula is C19H18FN3O2. The highest BCUT2D eigenvalue weighted by Gasteiger charge is 2.18. The first-order valence-electron chi connectivity index (χ1n) is 8.14. The minimum atomic E-state index is -0.401. The van der Waals surface area contributed by atoms with Gasteiger partial charge in [0.05, 0.1) is 0 Å². The Kier molecular flexibility index (Phi) is 4.88. The highest BCUT2D eigenvalue weighted by Crippen LogP contribution is 2.29. The molecule has 0 aliphatic rings. The van der Waals surface area contributed by atoms with E-state index in [9.17, 15) is 9.18 Å². The molecule has 2 aromatic carbocycles. The Bertz CT molecular complexity index is 888. The van der Waals surface area contributed by atoms with E-state index in [0.717, 1.165) is 29.5 Å². The zero-order chi connectivity index (χ0) is 17.8. The number of hydrogen-bond acceptors (Lipinski definition) is 4. The number of aromatic nitrogens is 2. The van der Waals surface area contributed by atoms with E-state index in [1.807, 2.05) is 6.07 Å². The van der Waals surface area contributed by atoms with Crippen molar-refractivity contribution in [3.63, 3.8) is 0 Å². The van der Waals surface area contributed by atoms with Crippen molar-refractivity contribution < 1.29 is 13.8 Å². The van der Waals surface area contributed by atoms with Gasteiger partial charge in [0.25, 0.3) is 5.91 Å². The number of rotatable bonds is 5. The molecule has 0 fully saturated rings. The van der Waals surface area contributed by atoms with Crippen LogP contribution in [-0.2, 0) is 12.8 Å². The quantitative estimate of drug-likeness (QED) is 0.754. The first kappa shape index (κ1) is 16.8. The average Bonchev–Trinajstić information content (AvgIpc) is 3.09.